The zero-order valence-corrected chi connectivity index (χ0v) is 16.4. The Morgan fingerprint density at radius 2 is 2.04 bits per heavy atom. The van der Waals surface area contributed by atoms with Crippen molar-refractivity contribution in [2.75, 3.05) is 13.1 Å². The monoisotopic (exact) mass is 442 g/mol. The largest absolute Gasteiger partial charge is 0.357 e. The first kappa shape index (κ1) is 20.3. The van der Waals surface area contributed by atoms with E-state index in [0.717, 1.165) is 36.7 Å². The number of nitrogens with one attached hydrogen (secondary N) is 2. The minimum atomic E-state index is -0.189. The maximum absolute atomic E-state index is 13.6. The number of halogens is 2. The van der Waals surface area contributed by atoms with Gasteiger partial charge in [0, 0.05) is 31.4 Å². The van der Waals surface area contributed by atoms with Gasteiger partial charge >= 0.3 is 0 Å². The van der Waals surface area contributed by atoms with Gasteiger partial charge in [0.1, 0.15) is 5.82 Å². The zero-order chi connectivity index (χ0) is 16.5. The molecule has 1 aromatic carbocycles. The highest BCUT2D eigenvalue weighted by Crippen LogP contribution is 2.09. The van der Waals surface area contributed by atoms with Crippen molar-refractivity contribution < 1.29 is 4.39 Å². The van der Waals surface area contributed by atoms with E-state index in [0.29, 0.717) is 12.1 Å². The summed E-state index contributed by atoms with van der Waals surface area (Å²) in [4.78, 5) is 8.78. The first-order chi connectivity index (χ1) is 11.2. The van der Waals surface area contributed by atoms with Gasteiger partial charge in [-0.1, -0.05) is 18.2 Å². The number of hydrogen-bond acceptors (Lipinski definition) is 2. The van der Waals surface area contributed by atoms with Crippen LogP contribution in [0, 0.1) is 12.7 Å². The number of aliphatic imine (C=N–C) groups is 1. The van der Waals surface area contributed by atoms with Crippen LogP contribution in [0.5, 0.6) is 0 Å². The number of nitrogens with zero attached hydrogens (tertiary/aromatic N) is 2. The predicted octanol–water partition coefficient (Wildman–Crippen LogP) is 3.44. The van der Waals surface area contributed by atoms with E-state index in [1.54, 1.807) is 19.2 Å². The molecular weight excluding hydrogens is 418 g/mol. The summed E-state index contributed by atoms with van der Waals surface area (Å²) >= 11 is 0. The zero-order valence-electron chi connectivity index (χ0n) is 14.1. The Morgan fingerprint density at radius 1 is 1.21 bits per heavy atom. The van der Waals surface area contributed by atoms with Gasteiger partial charge in [0.05, 0.1) is 6.54 Å². The standard InChI is InChI=1S/C18H23FN4.HI/c1-3-20-18(22-11-9-16-6-4-5-10-21-16)23-13-15-8-7-14(2)17(19)12-15;/h4-8,10,12H,3,9,11,13H2,1-2H3,(H2,20,22,23);1H. The second-order valence-electron chi connectivity index (χ2n) is 5.28. The molecular formula is C18H24FIN4. The van der Waals surface area contributed by atoms with E-state index in [2.05, 4.69) is 20.6 Å². The molecule has 0 unspecified atom stereocenters. The normalized spacial score (nSPS) is 10.9. The van der Waals surface area contributed by atoms with Crippen LogP contribution in [-0.4, -0.2) is 24.0 Å². The maximum atomic E-state index is 13.6. The molecule has 24 heavy (non-hydrogen) atoms. The number of hydrogen-bond donors (Lipinski definition) is 2. The summed E-state index contributed by atoms with van der Waals surface area (Å²) in [6.07, 6.45) is 2.62. The van der Waals surface area contributed by atoms with Crippen molar-refractivity contribution in [1.29, 1.82) is 0 Å². The average molecular weight is 442 g/mol. The van der Waals surface area contributed by atoms with Crippen LogP contribution < -0.4 is 10.6 Å². The van der Waals surface area contributed by atoms with Gasteiger partial charge in [-0.3, -0.25) is 4.98 Å². The van der Waals surface area contributed by atoms with E-state index in [1.165, 1.54) is 6.07 Å². The molecule has 4 nitrogen and oxygen atoms in total. The Kier molecular flexibility index (Phi) is 9.29. The fourth-order valence-electron chi connectivity index (χ4n) is 2.10. The number of pyridine rings is 1. The van der Waals surface area contributed by atoms with Crippen LogP contribution in [0.2, 0.25) is 0 Å². The fraction of sp³-hybridized carbons (Fsp3) is 0.333. The van der Waals surface area contributed by atoms with E-state index in [1.807, 2.05) is 31.2 Å². The molecule has 2 N–H and O–H groups in total. The molecule has 0 aliphatic rings. The third-order valence-corrected chi connectivity index (χ3v) is 3.40. The Labute approximate surface area is 160 Å². The van der Waals surface area contributed by atoms with Crippen molar-refractivity contribution in [2.45, 2.75) is 26.8 Å². The number of guanidine groups is 1. The molecule has 0 bridgehead atoms. The van der Waals surface area contributed by atoms with Crippen LogP contribution >= 0.6 is 24.0 Å². The number of aryl methyl sites for hydroxylation is 1. The highest BCUT2D eigenvalue weighted by molar-refractivity contribution is 14.0. The molecule has 2 rings (SSSR count). The van der Waals surface area contributed by atoms with Crippen molar-refractivity contribution >= 4 is 29.9 Å². The molecule has 0 fully saturated rings. The molecule has 0 saturated heterocycles. The predicted molar refractivity (Wildman–Crippen MR) is 107 cm³/mol. The minimum Gasteiger partial charge on any atom is -0.357 e. The van der Waals surface area contributed by atoms with Crippen molar-refractivity contribution in [3.05, 3.63) is 65.2 Å². The van der Waals surface area contributed by atoms with Gasteiger partial charge in [0.25, 0.3) is 0 Å². The Morgan fingerprint density at radius 3 is 2.71 bits per heavy atom. The summed E-state index contributed by atoms with van der Waals surface area (Å²) in [5.41, 5.74) is 2.55. The molecule has 0 aliphatic heterocycles. The first-order valence-electron chi connectivity index (χ1n) is 7.86. The van der Waals surface area contributed by atoms with E-state index < -0.39 is 0 Å². The smallest absolute Gasteiger partial charge is 0.191 e. The third-order valence-electron chi connectivity index (χ3n) is 3.40. The van der Waals surface area contributed by atoms with Gasteiger partial charge < -0.3 is 10.6 Å². The van der Waals surface area contributed by atoms with Crippen LogP contribution in [0.15, 0.2) is 47.6 Å². The highest BCUT2D eigenvalue weighted by atomic mass is 127. The Balaban J connectivity index is 0.00000288. The summed E-state index contributed by atoms with van der Waals surface area (Å²) in [5, 5.41) is 6.46. The quantitative estimate of drug-likeness (QED) is 0.410. The highest BCUT2D eigenvalue weighted by Gasteiger charge is 2.01. The lowest BCUT2D eigenvalue weighted by Crippen LogP contribution is -2.38. The Hall–Kier alpha value is -1.70. The van der Waals surface area contributed by atoms with Crippen molar-refractivity contribution in [2.24, 2.45) is 4.99 Å². The van der Waals surface area contributed by atoms with E-state index in [4.69, 9.17) is 0 Å². The average Bonchev–Trinajstić information content (AvgIpc) is 2.56. The van der Waals surface area contributed by atoms with E-state index in [-0.39, 0.29) is 29.8 Å². The van der Waals surface area contributed by atoms with Gasteiger partial charge in [-0.2, -0.15) is 0 Å². The lowest BCUT2D eigenvalue weighted by atomic mass is 10.1. The molecule has 0 amide bonds. The molecule has 1 heterocycles. The Bertz CT molecular complexity index is 647. The lowest BCUT2D eigenvalue weighted by molar-refractivity contribution is 0.616. The topological polar surface area (TPSA) is 49.3 Å². The summed E-state index contributed by atoms with van der Waals surface area (Å²) in [7, 11) is 0. The lowest BCUT2D eigenvalue weighted by Gasteiger charge is -2.11. The number of aromatic nitrogens is 1. The SMILES string of the molecule is CCNC(=NCc1ccc(C)c(F)c1)NCCc1ccccn1.I. The molecule has 0 radical (unpaired) electrons. The van der Waals surface area contributed by atoms with Gasteiger partial charge in [-0.05, 0) is 43.2 Å². The van der Waals surface area contributed by atoms with E-state index in [9.17, 15) is 4.39 Å². The fourth-order valence-corrected chi connectivity index (χ4v) is 2.10. The molecule has 1 aromatic heterocycles. The molecule has 0 atom stereocenters. The third kappa shape index (κ3) is 6.82. The number of rotatable bonds is 6. The second kappa shape index (κ2) is 11.0. The second-order valence-corrected chi connectivity index (χ2v) is 5.28. The van der Waals surface area contributed by atoms with Crippen LogP contribution in [0.3, 0.4) is 0 Å². The summed E-state index contributed by atoms with van der Waals surface area (Å²) < 4.78 is 13.6. The van der Waals surface area contributed by atoms with E-state index >= 15 is 0 Å². The molecule has 0 saturated carbocycles. The number of benzene rings is 1. The van der Waals surface area contributed by atoms with Crippen molar-refractivity contribution in [3.63, 3.8) is 0 Å². The van der Waals surface area contributed by atoms with Crippen LogP contribution in [0.1, 0.15) is 23.7 Å². The van der Waals surface area contributed by atoms with Gasteiger partial charge in [0.2, 0.25) is 0 Å². The van der Waals surface area contributed by atoms with Crippen molar-refractivity contribution in [1.82, 2.24) is 15.6 Å². The maximum Gasteiger partial charge on any atom is 0.191 e. The van der Waals surface area contributed by atoms with Crippen LogP contribution in [0.25, 0.3) is 0 Å². The minimum absolute atomic E-state index is 0. The van der Waals surface area contributed by atoms with Gasteiger partial charge in [-0.15, -0.1) is 24.0 Å². The van der Waals surface area contributed by atoms with Crippen LogP contribution in [-0.2, 0) is 13.0 Å². The summed E-state index contributed by atoms with van der Waals surface area (Å²) in [5.74, 6) is 0.537. The van der Waals surface area contributed by atoms with Gasteiger partial charge in [0.15, 0.2) is 5.96 Å². The molecule has 6 heteroatoms. The summed E-state index contributed by atoms with van der Waals surface area (Å²) in [6.45, 7) is 5.73. The molecule has 0 spiro atoms. The van der Waals surface area contributed by atoms with Gasteiger partial charge in [-0.25, -0.2) is 9.38 Å². The molecule has 0 aliphatic carbocycles. The molecule has 130 valence electrons. The first-order valence-corrected chi connectivity index (χ1v) is 7.86. The molecule has 2 aromatic rings. The van der Waals surface area contributed by atoms with Crippen molar-refractivity contribution in [3.8, 4) is 0 Å². The summed E-state index contributed by atoms with van der Waals surface area (Å²) in [6, 6.07) is 11.1. The van der Waals surface area contributed by atoms with Crippen LogP contribution in [0.4, 0.5) is 4.39 Å².